The first-order valence-corrected chi connectivity index (χ1v) is 4.69. The lowest BCUT2D eigenvalue weighted by molar-refractivity contribution is 0.0600. The lowest BCUT2D eigenvalue weighted by Gasteiger charge is -2.07. The summed E-state index contributed by atoms with van der Waals surface area (Å²) in [5.74, 6) is -0.494. The molecular weight excluding hydrogens is 234 g/mol. The smallest absolute Gasteiger partial charge is 0.411 e. The van der Waals surface area contributed by atoms with Crippen LogP contribution < -0.4 is 5.32 Å². The average molecular weight is 244 g/mol. The van der Waals surface area contributed by atoms with Crippen LogP contribution in [-0.2, 0) is 9.47 Å². The van der Waals surface area contributed by atoms with Gasteiger partial charge in [0.25, 0.3) is 0 Å². The highest BCUT2D eigenvalue weighted by Gasteiger charge is 2.10. The predicted octanol–water partition coefficient (Wildman–Crippen LogP) is 2.30. The zero-order valence-electron chi connectivity index (χ0n) is 8.74. The van der Waals surface area contributed by atoms with E-state index in [0.717, 1.165) is 0 Å². The molecule has 5 nitrogen and oxygen atoms in total. The lowest BCUT2D eigenvalue weighted by atomic mass is 10.2. The highest BCUT2D eigenvalue weighted by Crippen LogP contribution is 2.23. The lowest BCUT2D eigenvalue weighted by Crippen LogP contribution is -2.11. The van der Waals surface area contributed by atoms with Gasteiger partial charge in [0.15, 0.2) is 0 Å². The van der Waals surface area contributed by atoms with E-state index >= 15 is 0 Å². The van der Waals surface area contributed by atoms with E-state index in [2.05, 4.69) is 14.8 Å². The summed E-state index contributed by atoms with van der Waals surface area (Å²) in [6, 6.07) is 4.38. The topological polar surface area (TPSA) is 64.6 Å². The van der Waals surface area contributed by atoms with Crippen molar-refractivity contribution < 1.29 is 19.1 Å². The van der Waals surface area contributed by atoms with Crippen molar-refractivity contribution in [1.29, 1.82) is 0 Å². The normalized spacial score (nSPS) is 9.44. The van der Waals surface area contributed by atoms with Crippen LogP contribution >= 0.6 is 11.6 Å². The van der Waals surface area contributed by atoms with Crippen molar-refractivity contribution >= 4 is 29.4 Å². The van der Waals surface area contributed by atoms with Crippen LogP contribution in [-0.4, -0.2) is 26.3 Å². The molecule has 0 radical (unpaired) electrons. The van der Waals surface area contributed by atoms with Crippen LogP contribution in [0, 0.1) is 0 Å². The minimum Gasteiger partial charge on any atom is -0.465 e. The van der Waals surface area contributed by atoms with Gasteiger partial charge in [-0.1, -0.05) is 11.6 Å². The molecule has 0 aliphatic heterocycles. The minimum absolute atomic E-state index is 0.230. The standard InChI is InChI=1S/C10H10ClNO4/c1-15-9(13)6-3-4-8(7(11)5-6)12-10(14)16-2/h3-5H,1-2H3,(H,12,14). The fourth-order valence-corrected chi connectivity index (χ4v) is 1.25. The maximum atomic E-state index is 11.2. The Kier molecular flexibility index (Phi) is 4.13. The molecule has 0 unspecified atom stereocenters. The molecule has 0 atom stereocenters. The Bertz CT molecular complexity index is 419. The molecule has 16 heavy (non-hydrogen) atoms. The molecule has 0 aromatic heterocycles. The Morgan fingerprint density at radius 3 is 2.44 bits per heavy atom. The highest BCUT2D eigenvalue weighted by atomic mass is 35.5. The van der Waals surface area contributed by atoms with Crippen LogP contribution in [0.1, 0.15) is 10.4 Å². The monoisotopic (exact) mass is 243 g/mol. The van der Waals surface area contributed by atoms with Crippen molar-refractivity contribution in [2.75, 3.05) is 19.5 Å². The number of carbonyl (C=O) groups excluding carboxylic acids is 2. The molecule has 1 aromatic rings. The number of ether oxygens (including phenoxy) is 2. The number of methoxy groups -OCH3 is 2. The summed E-state index contributed by atoms with van der Waals surface area (Å²) in [6.45, 7) is 0. The van der Waals surface area contributed by atoms with E-state index < -0.39 is 12.1 Å². The Hall–Kier alpha value is -1.75. The van der Waals surface area contributed by atoms with Gasteiger partial charge in [-0.2, -0.15) is 0 Å². The zero-order valence-corrected chi connectivity index (χ0v) is 9.50. The summed E-state index contributed by atoms with van der Waals surface area (Å²) in [4.78, 5) is 22.1. The molecule has 0 aliphatic carbocycles. The summed E-state index contributed by atoms with van der Waals surface area (Å²) in [6.07, 6.45) is -0.632. The molecule has 0 fully saturated rings. The molecule has 1 rings (SSSR count). The third-order valence-corrected chi connectivity index (χ3v) is 2.13. The molecule has 1 amide bonds. The molecule has 1 aromatic carbocycles. The number of amides is 1. The van der Waals surface area contributed by atoms with Gasteiger partial charge in [-0.25, -0.2) is 9.59 Å². The van der Waals surface area contributed by atoms with Crippen LogP contribution in [0.5, 0.6) is 0 Å². The molecule has 0 aliphatic rings. The molecule has 86 valence electrons. The van der Waals surface area contributed by atoms with Gasteiger partial charge in [0.1, 0.15) is 0 Å². The number of hydrogen-bond donors (Lipinski definition) is 1. The van der Waals surface area contributed by atoms with Crippen LogP contribution in [0.2, 0.25) is 5.02 Å². The van der Waals surface area contributed by atoms with Crippen molar-refractivity contribution in [2.24, 2.45) is 0 Å². The van der Waals surface area contributed by atoms with Gasteiger partial charge in [-0.15, -0.1) is 0 Å². The van der Waals surface area contributed by atoms with Gasteiger partial charge in [-0.3, -0.25) is 5.32 Å². The van der Waals surface area contributed by atoms with E-state index in [-0.39, 0.29) is 5.02 Å². The van der Waals surface area contributed by atoms with E-state index in [9.17, 15) is 9.59 Å². The molecule has 0 heterocycles. The number of hydrogen-bond acceptors (Lipinski definition) is 4. The van der Waals surface area contributed by atoms with Gasteiger partial charge < -0.3 is 9.47 Å². The number of esters is 1. The van der Waals surface area contributed by atoms with E-state index in [1.54, 1.807) is 0 Å². The van der Waals surface area contributed by atoms with E-state index in [1.807, 2.05) is 0 Å². The number of nitrogens with one attached hydrogen (secondary N) is 1. The van der Waals surface area contributed by atoms with Crippen molar-refractivity contribution in [3.63, 3.8) is 0 Å². The van der Waals surface area contributed by atoms with Crippen molar-refractivity contribution in [2.45, 2.75) is 0 Å². The quantitative estimate of drug-likeness (QED) is 0.810. The summed E-state index contributed by atoms with van der Waals surface area (Å²) in [7, 11) is 2.52. The molecule has 1 N–H and O–H groups in total. The number of benzene rings is 1. The van der Waals surface area contributed by atoms with E-state index in [1.165, 1.54) is 32.4 Å². The Morgan fingerprint density at radius 1 is 1.25 bits per heavy atom. The van der Waals surface area contributed by atoms with Gasteiger partial charge >= 0.3 is 12.1 Å². The molecule has 0 saturated carbocycles. The van der Waals surface area contributed by atoms with Crippen LogP contribution in [0.3, 0.4) is 0 Å². The molecule has 6 heteroatoms. The van der Waals surface area contributed by atoms with Gasteiger partial charge in [-0.05, 0) is 18.2 Å². The Morgan fingerprint density at radius 2 is 1.94 bits per heavy atom. The molecule has 0 bridgehead atoms. The van der Waals surface area contributed by atoms with Crippen LogP contribution in [0.15, 0.2) is 18.2 Å². The average Bonchev–Trinajstić information content (AvgIpc) is 2.30. The number of halogens is 1. The maximum absolute atomic E-state index is 11.2. The van der Waals surface area contributed by atoms with E-state index in [4.69, 9.17) is 11.6 Å². The summed E-state index contributed by atoms with van der Waals surface area (Å²) in [5, 5.41) is 2.63. The largest absolute Gasteiger partial charge is 0.465 e. The zero-order chi connectivity index (χ0) is 12.1. The number of carbonyl (C=O) groups is 2. The molecule has 0 spiro atoms. The van der Waals surface area contributed by atoms with Crippen molar-refractivity contribution in [3.8, 4) is 0 Å². The Labute approximate surface area is 97.3 Å². The fourth-order valence-electron chi connectivity index (χ4n) is 1.02. The summed E-state index contributed by atoms with van der Waals surface area (Å²) in [5.41, 5.74) is 0.670. The second-order valence-corrected chi connectivity index (χ2v) is 3.21. The minimum atomic E-state index is -0.632. The van der Waals surface area contributed by atoms with Crippen molar-refractivity contribution in [3.05, 3.63) is 28.8 Å². The van der Waals surface area contributed by atoms with Crippen molar-refractivity contribution in [1.82, 2.24) is 0 Å². The van der Waals surface area contributed by atoms with Crippen LogP contribution in [0.25, 0.3) is 0 Å². The highest BCUT2D eigenvalue weighted by molar-refractivity contribution is 6.34. The first-order chi connectivity index (χ1) is 7.58. The fraction of sp³-hybridized carbons (Fsp3) is 0.200. The van der Waals surface area contributed by atoms with E-state index in [0.29, 0.717) is 11.3 Å². The number of anilines is 1. The Balaban J connectivity index is 2.91. The second-order valence-electron chi connectivity index (χ2n) is 2.80. The molecule has 0 saturated heterocycles. The second kappa shape index (κ2) is 5.37. The van der Waals surface area contributed by atoms with Gasteiger partial charge in [0.05, 0.1) is 30.5 Å². The summed E-state index contributed by atoms with van der Waals surface area (Å²) < 4.78 is 8.93. The van der Waals surface area contributed by atoms with Gasteiger partial charge in [0, 0.05) is 0 Å². The third kappa shape index (κ3) is 2.87. The maximum Gasteiger partial charge on any atom is 0.411 e. The number of rotatable bonds is 2. The molecular formula is C10H10ClNO4. The van der Waals surface area contributed by atoms with Gasteiger partial charge in [0.2, 0.25) is 0 Å². The predicted molar refractivity (Wildman–Crippen MR) is 58.8 cm³/mol. The SMILES string of the molecule is COC(=O)Nc1ccc(C(=O)OC)cc1Cl. The van der Waals surface area contributed by atoms with Crippen LogP contribution in [0.4, 0.5) is 10.5 Å². The first kappa shape index (κ1) is 12.3. The first-order valence-electron chi connectivity index (χ1n) is 4.31. The summed E-state index contributed by atoms with van der Waals surface area (Å²) >= 11 is 5.85. The third-order valence-electron chi connectivity index (χ3n) is 1.81.